The summed E-state index contributed by atoms with van der Waals surface area (Å²) >= 11 is 0. The topological polar surface area (TPSA) is 49.7 Å². The predicted molar refractivity (Wildman–Crippen MR) is 116 cm³/mol. The summed E-state index contributed by atoms with van der Waals surface area (Å²) in [6.45, 7) is 2.27. The Bertz CT molecular complexity index is 523. The van der Waals surface area contributed by atoms with Gasteiger partial charge in [0.15, 0.2) is 11.5 Å². The second kappa shape index (κ2) is 15.4. The summed E-state index contributed by atoms with van der Waals surface area (Å²) in [7, 11) is 1.48. The molecule has 0 aliphatic rings. The Hall–Kier alpha value is -1.64. The van der Waals surface area contributed by atoms with Crippen LogP contribution < -0.4 is 4.74 Å². The van der Waals surface area contributed by atoms with Gasteiger partial charge in [0, 0.05) is 11.6 Å². The zero-order valence-corrected chi connectivity index (χ0v) is 17.5. The molecule has 0 spiro atoms. The average molecular weight is 377 g/mol. The van der Waals surface area contributed by atoms with Crippen molar-refractivity contribution < 1.29 is 14.9 Å². The molecule has 1 aromatic carbocycles. The van der Waals surface area contributed by atoms with Crippen LogP contribution in [0.2, 0.25) is 0 Å². The Labute approximate surface area is 166 Å². The third kappa shape index (κ3) is 10.9. The van der Waals surface area contributed by atoms with Gasteiger partial charge in [0.1, 0.15) is 5.75 Å². The van der Waals surface area contributed by atoms with Gasteiger partial charge in [0.25, 0.3) is 0 Å². The maximum absolute atomic E-state index is 10.0. The van der Waals surface area contributed by atoms with Crippen LogP contribution in [0.5, 0.6) is 17.2 Å². The van der Waals surface area contributed by atoms with Crippen molar-refractivity contribution in [3.8, 4) is 17.2 Å². The van der Waals surface area contributed by atoms with Gasteiger partial charge in [-0.05, 0) is 18.9 Å². The van der Waals surface area contributed by atoms with Crippen molar-refractivity contribution in [2.24, 2.45) is 0 Å². The minimum atomic E-state index is 0.0805. The van der Waals surface area contributed by atoms with Crippen molar-refractivity contribution in [1.29, 1.82) is 0 Å². The van der Waals surface area contributed by atoms with Gasteiger partial charge in [-0.2, -0.15) is 0 Å². The molecule has 0 aliphatic heterocycles. The molecule has 154 valence electrons. The molecule has 2 N–H and O–H groups in total. The van der Waals surface area contributed by atoms with Crippen LogP contribution in [0.3, 0.4) is 0 Å². The molecule has 0 heterocycles. The fraction of sp³-hybridized carbons (Fsp3) is 0.667. The van der Waals surface area contributed by atoms with E-state index in [1.54, 1.807) is 6.07 Å². The lowest BCUT2D eigenvalue weighted by molar-refractivity contribution is 0.368. The van der Waals surface area contributed by atoms with E-state index in [0.29, 0.717) is 11.3 Å². The highest BCUT2D eigenvalue weighted by Gasteiger charge is 2.07. The van der Waals surface area contributed by atoms with E-state index in [9.17, 15) is 10.2 Å². The fourth-order valence-corrected chi connectivity index (χ4v) is 3.39. The highest BCUT2D eigenvalue weighted by atomic mass is 16.5. The summed E-state index contributed by atoms with van der Waals surface area (Å²) in [6, 6.07) is 2.97. The minimum absolute atomic E-state index is 0.0805. The van der Waals surface area contributed by atoms with Crippen LogP contribution in [0.4, 0.5) is 0 Å². The van der Waals surface area contributed by atoms with Crippen LogP contribution in [-0.2, 0) is 0 Å². The molecule has 0 bridgehead atoms. The van der Waals surface area contributed by atoms with Crippen LogP contribution in [0.1, 0.15) is 102 Å². The molecule has 1 rings (SSSR count). The minimum Gasteiger partial charge on any atom is -0.508 e. The lowest BCUT2D eigenvalue weighted by Crippen LogP contribution is -1.86. The Morgan fingerprint density at radius 3 is 1.81 bits per heavy atom. The van der Waals surface area contributed by atoms with Gasteiger partial charge in [-0.15, -0.1) is 0 Å². The van der Waals surface area contributed by atoms with Gasteiger partial charge in [-0.1, -0.05) is 96.1 Å². The maximum atomic E-state index is 10.0. The fourth-order valence-electron chi connectivity index (χ4n) is 3.39. The molecule has 1 aromatic rings. The van der Waals surface area contributed by atoms with Gasteiger partial charge >= 0.3 is 0 Å². The highest BCUT2D eigenvalue weighted by molar-refractivity contribution is 5.64. The second-order valence-electron chi connectivity index (χ2n) is 7.52. The van der Waals surface area contributed by atoms with E-state index in [1.807, 2.05) is 6.08 Å². The zero-order valence-electron chi connectivity index (χ0n) is 17.5. The van der Waals surface area contributed by atoms with Crippen LogP contribution in [0.25, 0.3) is 6.08 Å². The monoisotopic (exact) mass is 376 g/mol. The van der Waals surface area contributed by atoms with E-state index in [-0.39, 0.29) is 11.5 Å². The van der Waals surface area contributed by atoms with E-state index in [1.165, 1.54) is 96.6 Å². The van der Waals surface area contributed by atoms with Crippen LogP contribution in [-0.4, -0.2) is 17.3 Å². The summed E-state index contributed by atoms with van der Waals surface area (Å²) in [5, 5.41) is 19.7. The predicted octanol–water partition coefficient (Wildman–Crippen LogP) is 7.60. The van der Waals surface area contributed by atoms with Gasteiger partial charge in [0.05, 0.1) is 7.11 Å². The number of aromatic hydroxyl groups is 2. The molecule has 0 aliphatic carbocycles. The Balaban J connectivity index is 2.00. The molecule has 0 amide bonds. The van der Waals surface area contributed by atoms with E-state index >= 15 is 0 Å². The molecule has 0 fully saturated rings. The average Bonchev–Trinajstić information content (AvgIpc) is 2.67. The van der Waals surface area contributed by atoms with Gasteiger partial charge in [-0.3, -0.25) is 0 Å². The SMILES string of the molecule is CCCCCCCCCCCCCCCC=Cc1cc(O)cc(OC)c1O. The number of ether oxygens (including phenoxy) is 1. The number of unbranched alkanes of at least 4 members (excludes halogenated alkanes) is 13. The molecule has 0 saturated carbocycles. The van der Waals surface area contributed by atoms with Gasteiger partial charge in [-0.25, -0.2) is 0 Å². The first-order valence-electron chi connectivity index (χ1n) is 11.0. The standard InChI is InChI=1S/C24H40O3/c1-3-4-5-6-7-8-9-10-11-12-13-14-15-16-17-18-21-19-22(25)20-23(27-2)24(21)26/h17-20,25-26H,3-16H2,1-2H3. The smallest absolute Gasteiger partial charge is 0.165 e. The normalized spacial score (nSPS) is 11.3. The van der Waals surface area contributed by atoms with Crippen LogP contribution in [0, 0.1) is 0 Å². The van der Waals surface area contributed by atoms with Crippen molar-refractivity contribution in [3.63, 3.8) is 0 Å². The Morgan fingerprint density at radius 2 is 1.30 bits per heavy atom. The highest BCUT2D eigenvalue weighted by Crippen LogP contribution is 2.34. The molecule has 0 atom stereocenters. The van der Waals surface area contributed by atoms with Crippen molar-refractivity contribution in [2.45, 2.75) is 96.8 Å². The number of phenolic OH excluding ortho intramolecular Hbond substituents is 2. The number of hydrogen-bond donors (Lipinski definition) is 2. The first-order chi connectivity index (χ1) is 13.2. The van der Waals surface area contributed by atoms with E-state index in [4.69, 9.17) is 4.74 Å². The third-order valence-electron chi connectivity index (χ3n) is 5.08. The van der Waals surface area contributed by atoms with Crippen molar-refractivity contribution in [1.82, 2.24) is 0 Å². The van der Waals surface area contributed by atoms with Gasteiger partial charge < -0.3 is 14.9 Å². The number of methoxy groups -OCH3 is 1. The summed E-state index contributed by atoms with van der Waals surface area (Å²) < 4.78 is 5.05. The van der Waals surface area contributed by atoms with Crippen LogP contribution >= 0.6 is 0 Å². The first kappa shape index (κ1) is 23.4. The zero-order chi connectivity index (χ0) is 19.7. The lowest BCUT2D eigenvalue weighted by Gasteiger charge is -2.07. The molecule has 3 nitrogen and oxygen atoms in total. The Kier molecular flexibility index (Phi) is 13.4. The van der Waals surface area contributed by atoms with Crippen molar-refractivity contribution >= 4 is 6.08 Å². The molecule has 27 heavy (non-hydrogen) atoms. The van der Waals surface area contributed by atoms with E-state index in [2.05, 4.69) is 13.0 Å². The molecular formula is C24H40O3. The quantitative estimate of drug-likeness (QED) is 0.231. The molecular weight excluding hydrogens is 336 g/mol. The largest absolute Gasteiger partial charge is 0.508 e. The number of benzene rings is 1. The summed E-state index contributed by atoms with van der Waals surface area (Å²) in [6.07, 6.45) is 22.6. The molecule has 0 aromatic heterocycles. The van der Waals surface area contributed by atoms with Crippen molar-refractivity contribution in [2.75, 3.05) is 7.11 Å². The molecule has 0 radical (unpaired) electrons. The summed E-state index contributed by atoms with van der Waals surface area (Å²) in [5.74, 6) is 0.484. The number of allylic oxidation sites excluding steroid dienone is 1. The number of phenols is 2. The first-order valence-corrected chi connectivity index (χ1v) is 11.0. The van der Waals surface area contributed by atoms with Crippen molar-refractivity contribution in [3.05, 3.63) is 23.8 Å². The summed E-state index contributed by atoms with van der Waals surface area (Å²) in [4.78, 5) is 0. The summed E-state index contributed by atoms with van der Waals surface area (Å²) in [5.41, 5.74) is 0.599. The number of hydrogen-bond acceptors (Lipinski definition) is 3. The van der Waals surface area contributed by atoms with Gasteiger partial charge in [0.2, 0.25) is 0 Å². The molecule has 0 unspecified atom stereocenters. The molecule has 3 heteroatoms. The second-order valence-corrected chi connectivity index (χ2v) is 7.52. The lowest BCUT2D eigenvalue weighted by atomic mass is 10.0. The third-order valence-corrected chi connectivity index (χ3v) is 5.08. The van der Waals surface area contributed by atoms with E-state index in [0.717, 1.165) is 6.42 Å². The molecule has 0 saturated heterocycles. The number of rotatable bonds is 16. The maximum Gasteiger partial charge on any atom is 0.165 e. The van der Waals surface area contributed by atoms with E-state index < -0.39 is 0 Å². The Morgan fingerprint density at radius 1 is 0.778 bits per heavy atom. The van der Waals surface area contributed by atoms with Crippen LogP contribution in [0.15, 0.2) is 18.2 Å².